The van der Waals surface area contributed by atoms with Crippen LogP contribution in [0.4, 0.5) is 0 Å². The number of halogens is 2. The molecule has 0 heterocycles. The summed E-state index contributed by atoms with van der Waals surface area (Å²) in [6.45, 7) is 10.7. The molecule has 0 unspecified atom stereocenters. The zero-order valence-corrected chi connectivity index (χ0v) is 16.5. The minimum Gasteiger partial charge on any atom is -0.484 e. The lowest BCUT2D eigenvalue weighted by molar-refractivity contribution is -0.128. The van der Waals surface area contributed by atoms with E-state index in [0.717, 1.165) is 0 Å². The summed E-state index contributed by atoms with van der Waals surface area (Å²) in [6, 6.07) is 2.97. The summed E-state index contributed by atoms with van der Waals surface area (Å²) in [5, 5.41) is 0.549. The maximum absolute atomic E-state index is 12.0. The Morgan fingerprint density at radius 2 is 1.12 bits per heavy atom. The van der Waals surface area contributed by atoms with Crippen LogP contribution >= 0.6 is 23.2 Å². The third-order valence-corrected chi connectivity index (χ3v) is 3.97. The van der Waals surface area contributed by atoms with Crippen LogP contribution in [0, 0.1) is 10.8 Å². The molecule has 0 N–H and O–H groups in total. The maximum atomic E-state index is 12.0. The molecule has 0 saturated carbocycles. The minimum absolute atomic E-state index is 0.0566. The van der Waals surface area contributed by atoms with Gasteiger partial charge in [0.25, 0.3) is 0 Å². The fraction of sp³-hybridized carbons (Fsp3) is 0.556. The van der Waals surface area contributed by atoms with Crippen LogP contribution in [0.2, 0.25) is 10.0 Å². The first-order valence-corrected chi connectivity index (χ1v) is 8.39. The van der Waals surface area contributed by atoms with Crippen molar-refractivity contribution in [3.63, 3.8) is 0 Å². The molecule has 0 saturated heterocycles. The molecule has 6 heteroatoms. The molecule has 0 fully saturated rings. The van der Waals surface area contributed by atoms with Crippen LogP contribution in [0.1, 0.15) is 41.5 Å². The van der Waals surface area contributed by atoms with Crippen LogP contribution in [-0.2, 0) is 9.59 Å². The summed E-state index contributed by atoms with van der Waals surface area (Å²) in [4.78, 5) is 23.9. The summed E-state index contributed by atoms with van der Waals surface area (Å²) in [5.74, 6) is 0.464. The minimum atomic E-state index is -0.503. The summed E-state index contributed by atoms with van der Waals surface area (Å²) in [6.07, 6.45) is 0. The lowest BCUT2D eigenvalue weighted by Crippen LogP contribution is -2.26. The highest BCUT2D eigenvalue weighted by Crippen LogP contribution is 2.36. The van der Waals surface area contributed by atoms with E-state index in [1.165, 1.54) is 12.1 Å². The number of carbonyl (C=O) groups excluding carboxylic acids is 2. The molecule has 0 atom stereocenters. The van der Waals surface area contributed by atoms with Gasteiger partial charge in [0.1, 0.15) is 24.7 Å². The Hall–Kier alpha value is -1.26. The second-order valence-electron chi connectivity index (χ2n) is 7.64. The van der Waals surface area contributed by atoms with Gasteiger partial charge in [0.15, 0.2) is 11.6 Å². The Bertz CT molecular complexity index is 574. The van der Waals surface area contributed by atoms with E-state index < -0.39 is 10.8 Å². The third-order valence-electron chi connectivity index (χ3n) is 3.38. The van der Waals surface area contributed by atoms with Gasteiger partial charge < -0.3 is 9.47 Å². The van der Waals surface area contributed by atoms with Gasteiger partial charge in [-0.1, -0.05) is 64.7 Å². The van der Waals surface area contributed by atoms with Crippen LogP contribution in [0.25, 0.3) is 0 Å². The van der Waals surface area contributed by atoms with Gasteiger partial charge in [0, 0.05) is 16.9 Å². The first-order valence-electron chi connectivity index (χ1n) is 7.63. The smallest absolute Gasteiger partial charge is 0.175 e. The van der Waals surface area contributed by atoms with Crippen LogP contribution in [-0.4, -0.2) is 24.8 Å². The maximum Gasteiger partial charge on any atom is 0.175 e. The number of benzene rings is 1. The standard InChI is InChI=1S/C18H24Cl2O4/c1-17(2,3)15(21)9-23-13-8-14(12(20)7-11(13)19)24-10-16(22)18(4,5)6/h7-8H,9-10H2,1-6H3. The second kappa shape index (κ2) is 7.75. The van der Waals surface area contributed by atoms with Gasteiger partial charge in [-0.25, -0.2) is 0 Å². The zero-order valence-electron chi connectivity index (χ0n) is 15.0. The third kappa shape index (κ3) is 5.99. The van der Waals surface area contributed by atoms with Crippen LogP contribution in [0.3, 0.4) is 0 Å². The van der Waals surface area contributed by atoms with Crippen molar-refractivity contribution < 1.29 is 19.1 Å². The highest BCUT2D eigenvalue weighted by molar-refractivity contribution is 6.36. The quantitative estimate of drug-likeness (QED) is 0.704. The highest BCUT2D eigenvalue weighted by Gasteiger charge is 2.24. The Morgan fingerprint density at radius 3 is 1.42 bits per heavy atom. The fourth-order valence-corrected chi connectivity index (χ4v) is 1.94. The number of ketones is 2. The van der Waals surface area contributed by atoms with E-state index in [1.54, 1.807) is 0 Å². The number of Topliss-reactive ketones (excluding diaryl/α,β-unsaturated/α-hetero) is 2. The molecule has 4 nitrogen and oxygen atoms in total. The molecule has 0 amide bonds. The molecule has 0 aliphatic carbocycles. The largest absolute Gasteiger partial charge is 0.484 e. The lowest BCUT2D eigenvalue weighted by Gasteiger charge is -2.19. The second-order valence-corrected chi connectivity index (χ2v) is 8.45. The van der Waals surface area contributed by atoms with Gasteiger partial charge in [-0.2, -0.15) is 0 Å². The molecular formula is C18H24Cl2O4. The Morgan fingerprint density at radius 1 is 0.792 bits per heavy atom. The first kappa shape index (κ1) is 20.8. The topological polar surface area (TPSA) is 52.6 Å². The Kier molecular flexibility index (Phi) is 6.71. The van der Waals surface area contributed by atoms with E-state index >= 15 is 0 Å². The number of rotatable bonds is 6. The van der Waals surface area contributed by atoms with Crippen LogP contribution < -0.4 is 9.47 Å². The number of ether oxygens (including phenoxy) is 2. The van der Waals surface area contributed by atoms with E-state index in [-0.39, 0.29) is 46.3 Å². The van der Waals surface area contributed by atoms with Crippen LogP contribution in [0.5, 0.6) is 11.5 Å². The average Bonchev–Trinajstić information content (AvgIpc) is 2.42. The monoisotopic (exact) mass is 374 g/mol. The SMILES string of the molecule is CC(C)(C)C(=O)COc1cc(OCC(=O)C(C)(C)C)c(Cl)cc1Cl. The van der Waals surface area contributed by atoms with E-state index in [9.17, 15) is 9.59 Å². The van der Waals surface area contributed by atoms with Crippen LogP contribution in [0.15, 0.2) is 12.1 Å². The average molecular weight is 375 g/mol. The summed E-state index contributed by atoms with van der Waals surface area (Å²) < 4.78 is 11.0. The van der Waals surface area contributed by atoms with Crippen molar-refractivity contribution in [1.29, 1.82) is 0 Å². The van der Waals surface area contributed by atoms with Crippen molar-refractivity contribution in [3.8, 4) is 11.5 Å². The molecule has 0 aliphatic rings. The normalized spacial score (nSPS) is 12.0. The molecule has 0 bridgehead atoms. The lowest BCUT2D eigenvalue weighted by atomic mass is 9.91. The number of hydrogen-bond acceptors (Lipinski definition) is 4. The molecule has 24 heavy (non-hydrogen) atoms. The molecule has 1 aromatic rings. The van der Waals surface area contributed by atoms with Gasteiger partial charge in [-0.15, -0.1) is 0 Å². The van der Waals surface area contributed by atoms with Gasteiger partial charge >= 0.3 is 0 Å². The van der Waals surface area contributed by atoms with Crippen molar-refractivity contribution in [2.75, 3.05) is 13.2 Å². The van der Waals surface area contributed by atoms with Gasteiger partial charge in [0.2, 0.25) is 0 Å². The predicted octanol–water partition coefficient (Wildman–Crippen LogP) is 4.98. The molecule has 1 aromatic carbocycles. The Labute approximate surface area is 153 Å². The number of carbonyl (C=O) groups is 2. The molecule has 134 valence electrons. The zero-order chi connectivity index (χ0) is 18.7. The predicted molar refractivity (Wildman–Crippen MR) is 96.4 cm³/mol. The molecule has 0 aromatic heterocycles. The van der Waals surface area contributed by atoms with Crippen molar-refractivity contribution in [1.82, 2.24) is 0 Å². The Balaban J connectivity index is 2.86. The highest BCUT2D eigenvalue weighted by atomic mass is 35.5. The summed E-state index contributed by atoms with van der Waals surface area (Å²) in [5.41, 5.74) is -1.01. The van der Waals surface area contributed by atoms with Crippen molar-refractivity contribution >= 4 is 34.8 Å². The summed E-state index contributed by atoms with van der Waals surface area (Å²) in [7, 11) is 0. The van der Waals surface area contributed by atoms with Crippen molar-refractivity contribution in [2.45, 2.75) is 41.5 Å². The first-order chi connectivity index (χ1) is 10.8. The van der Waals surface area contributed by atoms with Gasteiger partial charge in [-0.3, -0.25) is 9.59 Å². The van der Waals surface area contributed by atoms with E-state index in [4.69, 9.17) is 32.7 Å². The van der Waals surface area contributed by atoms with E-state index in [2.05, 4.69) is 0 Å². The number of hydrogen-bond donors (Lipinski definition) is 0. The fourth-order valence-electron chi connectivity index (χ4n) is 1.45. The van der Waals surface area contributed by atoms with E-state index in [1.807, 2.05) is 41.5 Å². The van der Waals surface area contributed by atoms with Crippen molar-refractivity contribution in [3.05, 3.63) is 22.2 Å². The summed E-state index contributed by atoms with van der Waals surface area (Å²) >= 11 is 12.2. The molecule has 0 aliphatic heterocycles. The van der Waals surface area contributed by atoms with Crippen molar-refractivity contribution in [2.24, 2.45) is 10.8 Å². The van der Waals surface area contributed by atoms with Gasteiger partial charge in [0.05, 0.1) is 10.0 Å². The van der Waals surface area contributed by atoms with E-state index in [0.29, 0.717) is 0 Å². The molecule has 0 spiro atoms. The van der Waals surface area contributed by atoms with Gasteiger partial charge in [-0.05, 0) is 6.07 Å². The molecule has 1 rings (SSSR count). The molecular weight excluding hydrogens is 351 g/mol. The molecule has 0 radical (unpaired) electrons.